The van der Waals surface area contributed by atoms with Gasteiger partial charge in [-0.05, 0) is 66.7 Å². The van der Waals surface area contributed by atoms with Gasteiger partial charge in [0.1, 0.15) is 35.5 Å². The number of H-pyrrole nitrogens is 2. The van der Waals surface area contributed by atoms with Crippen molar-refractivity contribution in [3.63, 3.8) is 0 Å². The number of nitrogens with zero attached hydrogens (tertiary/aromatic N) is 5. The number of aromatic amines is 2. The Morgan fingerprint density at radius 3 is 2.32 bits per heavy atom. The second kappa shape index (κ2) is 16.6. The summed E-state index contributed by atoms with van der Waals surface area (Å²) in [6.45, 7) is 4.97. The number of likely N-dealkylation sites (tertiary alicyclic amines) is 2. The number of halogens is 4. The van der Waals surface area contributed by atoms with Crippen LogP contribution < -0.4 is 16.2 Å². The summed E-state index contributed by atoms with van der Waals surface area (Å²) in [6, 6.07) is 11.6. The number of nitrogens with one attached hydrogen (secondary N) is 2. The number of aromatic nitrogens is 5. The Morgan fingerprint density at radius 2 is 1.59 bits per heavy atom. The molecule has 2 saturated heterocycles. The van der Waals surface area contributed by atoms with E-state index in [0.717, 1.165) is 29.5 Å². The van der Waals surface area contributed by atoms with Gasteiger partial charge in [0.25, 0.3) is 0 Å². The van der Waals surface area contributed by atoms with Crippen molar-refractivity contribution in [2.45, 2.75) is 103 Å². The lowest BCUT2D eigenvalue weighted by molar-refractivity contribution is -0.135. The Bertz CT molecular complexity index is 2620. The van der Waals surface area contributed by atoms with Gasteiger partial charge in [-0.25, -0.2) is 18.7 Å². The molecule has 7 atom stereocenters. The molecule has 2 amide bonds. The Balaban J connectivity index is 1.07. The zero-order valence-corrected chi connectivity index (χ0v) is 35.4. The molecule has 9 rings (SSSR count). The van der Waals surface area contributed by atoms with Gasteiger partial charge in [0, 0.05) is 35.9 Å². The van der Waals surface area contributed by atoms with Crippen molar-refractivity contribution in [2.75, 3.05) is 13.1 Å². The summed E-state index contributed by atoms with van der Waals surface area (Å²) in [5, 5.41) is 0.765. The summed E-state index contributed by atoms with van der Waals surface area (Å²) in [5.74, 6) is 0.615. The number of rotatable bonds is 11. The highest BCUT2D eigenvalue weighted by Gasteiger charge is 2.42. The Kier molecular flexibility index (Phi) is 11.2. The highest BCUT2D eigenvalue weighted by Crippen LogP contribution is 2.47. The first-order valence-corrected chi connectivity index (χ1v) is 21.5. The standard InChI is InChI=1S/C46H51F4N9O4/c1-22(2)39(51)43(60)57-12-6-9-34(57)41-53-19-31(55-41)24-10-11-33-27(13-24)16-35-38-30(48)15-26(17-37(38)63-45(59(33)35)25-7-5-8-29(14-25)62-46(49)50)32-20-54-42(56-32)36-18-28(47)21-58(36)44(61)40(52)23(3)4/h5,7-8,10-11,13-14,16-17,19-20,22-23,28,30,34,36,39-40,45-46H,6,9,12,15,18,21,51-52H2,1-4H3,(H,53,55)(H,54,56). The molecule has 3 aromatic heterocycles. The summed E-state index contributed by atoms with van der Waals surface area (Å²) in [4.78, 5) is 45.7. The molecule has 0 radical (unpaired) electrons. The molecule has 3 aliphatic heterocycles. The van der Waals surface area contributed by atoms with Crippen LogP contribution in [0.25, 0.3) is 33.3 Å². The molecule has 17 heteroatoms. The SMILES string of the molecule is CC(C)C(N)C(=O)N1CC(F)CC1c1ncc(C2=CC3=C(c4cc5cc(-c6cnc(C7CCCN7C(=O)C(N)C(C)C)[nH]6)ccc5n4C(c4cccc(OC(F)F)c4)O3)C(F)C2)[nH]1. The largest absolute Gasteiger partial charge is 0.465 e. The van der Waals surface area contributed by atoms with Gasteiger partial charge < -0.3 is 45.3 Å². The molecule has 0 saturated carbocycles. The fourth-order valence-corrected chi connectivity index (χ4v) is 9.29. The second-order valence-electron chi connectivity index (χ2n) is 17.6. The van der Waals surface area contributed by atoms with Gasteiger partial charge in [-0.15, -0.1) is 0 Å². The van der Waals surface area contributed by atoms with E-state index < -0.39 is 43.3 Å². The average Bonchev–Trinajstić information content (AvgIpc) is 4.11. The van der Waals surface area contributed by atoms with Crippen molar-refractivity contribution in [3.8, 4) is 17.0 Å². The first-order chi connectivity index (χ1) is 30.2. The monoisotopic (exact) mass is 869 g/mol. The fourth-order valence-electron chi connectivity index (χ4n) is 9.29. The molecular weight excluding hydrogens is 819 g/mol. The Morgan fingerprint density at radius 1 is 0.889 bits per heavy atom. The molecule has 7 unspecified atom stereocenters. The van der Waals surface area contributed by atoms with Gasteiger partial charge >= 0.3 is 6.61 Å². The fraction of sp³-hybridized carbons (Fsp3) is 0.435. The van der Waals surface area contributed by atoms with E-state index in [1.807, 2.05) is 61.4 Å². The third-order valence-electron chi connectivity index (χ3n) is 12.8. The van der Waals surface area contributed by atoms with E-state index in [-0.39, 0.29) is 60.6 Å². The van der Waals surface area contributed by atoms with Crippen LogP contribution in [0.15, 0.2) is 72.8 Å². The van der Waals surface area contributed by atoms with Gasteiger partial charge in [-0.2, -0.15) is 8.78 Å². The molecule has 5 aromatic rings. The third kappa shape index (κ3) is 7.79. The molecular formula is C46H51F4N9O4. The number of nitrogens with two attached hydrogens (primary N) is 2. The van der Waals surface area contributed by atoms with Crippen LogP contribution in [0, 0.1) is 11.8 Å². The Hall–Kier alpha value is -5.94. The topological polar surface area (TPSA) is 173 Å². The average molecular weight is 870 g/mol. The van der Waals surface area contributed by atoms with E-state index in [2.05, 4.69) is 15.0 Å². The van der Waals surface area contributed by atoms with E-state index in [0.29, 0.717) is 51.8 Å². The van der Waals surface area contributed by atoms with Crippen LogP contribution in [-0.2, 0) is 14.3 Å². The van der Waals surface area contributed by atoms with E-state index in [1.165, 1.54) is 17.0 Å². The lowest BCUT2D eigenvalue weighted by Crippen LogP contribution is -2.46. The van der Waals surface area contributed by atoms with Crippen molar-refractivity contribution in [1.82, 2.24) is 34.3 Å². The smallest absolute Gasteiger partial charge is 0.387 e. The maximum Gasteiger partial charge on any atom is 0.387 e. The van der Waals surface area contributed by atoms with Gasteiger partial charge in [0.15, 0.2) is 0 Å². The van der Waals surface area contributed by atoms with Crippen molar-refractivity contribution in [3.05, 3.63) is 101 Å². The number of carbonyl (C=O) groups is 2. The molecule has 4 aliphatic rings. The number of ether oxygens (including phenoxy) is 2. The van der Waals surface area contributed by atoms with Crippen LogP contribution in [0.5, 0.6) is 5.75 Å². The molecule has 0 spiro atoms. The van der Waals surface area contributed by atoms with E-state index in [4.69, 9.17) is 25.9 Å². The summed E-state index contributed by atoms with van der Waals surface area (Å²) in [7, 11) is 0. The second-order valence-corrected chi connectivity index (χ2v) is 17.6. The van der Waals surface area contributed by atoms with Crippen molar-refractivity contribution in [2.24, 2.45) is 23.3 Å². The number of fused-ring (bicyclic) bond motifs is 4. The lowest BCUT2D eigenvalue weighted by atomic mass is 9.90. The van der Waals surface area contributed by atoms with Crippen LogP contribution in [0.1, 0.15) is 100 Å². The van der Waals surface area contributed by atoms with Crippen LogP contribution in [0.2, 0.25) is 0 Å². The summed E-state index contributed by atoms with van der Waals surface area (Å²) >= 11 is 0. The first kappa shape index (κ1) is 42.4. The molecule has 13 nitrogen and oxygen atoms in total. The highest BCUT2D eigenvalue weighted by molar-refractivity contribution is 5.92. The zero-order chi connectivity index (χ0) is 44.4. The Labute approximate surface area is 361 Å². The maximum atomic E-state index is 16.9. The number of alkyl halides is 4. The number of amides is 2. The van der Waals surface area contributed by atoms with Crippen LogP contribution in [0.3, 0.4) is 0 Å². The number of hydrogen-bond donors (Lipinski definition) is 4. The minimum Gasteiger partial charge on any atom is -0.465 e. The van der Waals surface area contributed by atoms with Crippen molar-refractivity contribution >= 4 is 33.9 Å². The number of hydrogen-bond acceptors (Lipinski definition) is 8. The van der Waals surface area contributed by atoms with Crippen molar-refractivity contribution < 1.29 is 36.6 Å². The molecule has 1 aliphatic carbocycles. The van der Waals surface area contributed by atoms with Crippen molar-refractivity contribution in [1.29, 1.82) is 0 Å². The molecule has 0 bridgehead atoms. The van der Waals surface area contributed by atoms with E-state index in [1.54, 1.807) is 30.6 Å². The lowest BCUT2D eigenvalue weighted by Gasteiger charge is -2.34. The van der Waals surface area contributed by atoms with Crippen LogP contribution in [0.4, 0.5) is 17.6 Å². The molecule has 2 fully saturated rings. The van der Waals surface area contributed by atoms with Gasteiger partial charge in [-0.3, -0.25) is 9.59 Å². The normalized spacial score (nSPS) is 23.4. The van der Waals surface area contributed by atoms with E-state index in [9.17, 15) is 22.8 Å². The predicted octanol–water partition coefficient (Wildman–Crippen LogP) is 7.71. The minimum absolute atomic E-state index is 0.00329. The number of carbonyl (C=O) groups excluding carboxylic acids is 2. The summed E-state index contributed by atoms with van der Waals surface area (Å²) in [5.41, 5.74) is 17.0. The zero-order valence-electron chi connectivity index (χ0n) is 35.4. The van der Waals surface area contributed by atoms with Crippen LogP contribution in [-0.4, -0.2) is 90.2 Å². The first-order valence-electron chi connectivity index (χ1n) is 21.5. The number of benzene rings is 2. The predicted molar refractivity (Wildman–Crippen MR) is 228 cm³/mol. The summed E-state index contributed by atoms with van der Waals surface area (Å²) in [6.07, 6.45) is 2.90. The molecule has 63 heavy (non-hydrogen) atoms. The number of allylic oxidation sites excluding steroid dienone is 3. The quantitative estimate of drug-likeness (QED) is 0.0978. The van der Waals surface area contributed by atoms with Crippen LogP contribution >= 0.6 is 0 Å². The highest BCUT2D eigenvalue weighted by atomic mass is 19.3. The van der Waals surface area contributed by atoms with Gasteiger partial charge in [-0.1, -0.05) is 45.9 Å². The van der Waals surface area contributed by atoms with Gasteiger partial charge in [0.2, 0.25) is 18.0 Å². The molecule has 332 valence electrons. The molecule has 6 N–H and O–H groups in total. The number of imidazole rings is 2. The van der Waals surface area contributed by atoms with E-state index >= 15 is 4.39 Å². The molecule has 2 aromatic carbocycles. The maximum absolute atomic E-state index is 16.9. The third-order valence-corrected chi connectivity index (χ3v) is 12.8. The molecule has 6 heterocycles. The minimum atomic E-state index is -3.05. The summed E-state index contributed by atoms with van der Waals surface area (Å²) < 4.78 is 71.8. The van der Waals surface area contributed by atoms with Gasteiger partial charge in [0.05, 0.1) is 71.3 Å².